The van der Waals surface area contributed by atoms with Crippen LogP contribution < -0.4 is 11.0 Å². The minimum absolute atomic E-state index is 0.0188. The lowest BCUT2D eigenvalue weighted by molar-refractivity contribution is -0.150. The number of unbranched alkanes of at least 4 members (excludes halogenated alkanes) is 24. The van der Waals surface area contributed by atoms with Crippen LogP contribution in [0.5, 0.6) is 0 Å². The van der Waals surface area contributed by atoms with Gasteiger partial charge in [-0.25, -0.2) is 0 Å². The summed E-state index contributed by atoms with van der Waals surface area (Å²) in [7, 11) is 0. The molecule has 1 heterocycles. The molecule has 0 bridgehead atoms. The fourth-order valence-corrected chi connectivity index (χ4v) is 8.08. The van der Waals surface area contributed by atoms with Gasteiger partial charge >= 0.3 is 11.9 Å². The molecule has 0 aromatic carbocycles. The van der Waals surface area contributed by atoms with E-state index in [1.165, 1.54) is 154 Å². The first-order valence-corrected chi connectivity index (χ1v) is 26.4. The van der Waals surface area contributed by atoms with E-state index in [-0.39, 0.29) is 23.6 Å². The lowest BCUT2D eigenvalue weighted by Crippen LogP contribution is -2.39. The van der Waals surface area contributed by atoms with Crippen molar-refractivity contribution in [3.8, 4) is 0 Å². The van der Waals surface area contributed by atoms with Gasteiger partial charge in [0.15, 0.2) is 0 Å². The van der Waals surface area contributed by atoms with E-state index < -0.39 is 0 Å². The predicted octanol–water partition coefficient (Wildman–Crippen LogP) is 14.0. The fourth-order valence-electron chi connectivity index (χ4n) is 8.08. The molecule has 0 atom stereocenters. The normalized spacial score (nSPS) is 13.0. The molecular formula is C52H102N4O5. The largest absolute Gasteiger partial charge is 0.466 e. The Hall–Kier alpha value is -1.84. The number of hydrogen-bond acceptors (Lipinski definition) is 9. The zero-order valence-corrected chi connectivity index (χ0v) is 41.4. The van der Waals surface area contributed by atoms with Crippen LogP contribution in [0.15, 0.2) is 11.9 Å². The van der Waals surface area contributed by atoms with Crippen molar-refractivity contribution in [1.82, 2.24) is 20.9 Å². The van der Waals surface area contributed by atoms with Crippen LogP contribution >= 0.6 is 0 Å². The summed E-state index contributed by atoms with van der Waals surface area (Å²) in [6.07, 6.45) is 41.8. The van der Waals surface area contributed by atoms with Gasteiger partial charge in [-0.3, -0.25) is 14.6 Å². The molecule has 0 fully saturated rings. The fraction of sp³-hybridized carbons (Fsp3) is 0.923. The highest BCUT2D eigenvalue weighted by Gasteiger charge is 2.17. The zero-order valence-electron chi connectivity index (χ0n) is 41.4. The molecule has 1 rings (SSSR count). The molecule has 0 radical (unpaired) electrons. The lowest BCUT2D eigenvalue weighted by Gasteiger charge is -2.24. The van der Waals surface area contributed by atoms with Crippen molar-refractivity contribution in [3.63, 3.8) is 0 Å². The van der Waals surface area contributed by atoms with Gasteiger partial charge in [0.05, 0.1) is 24.5 Å². The first-order chi connectivity index (χ1) is 29.7. The summed E-state index contributed by atoms with van der Waals surface area (Å²) in [5.74, 6) is 0.00739. The van der Waals surface area contributed by atoms with Gasteiger partial charge in [-0.15, -0.1) is 5.53 Å². The molecule has 0 aliphatic carbocycles. The average molecular weight is 863 g/mol. The number of ether oxygens (including phenoxy) is 3. The second kappa shape index (κ2) is 40.9. The molecule has 0 spiro atoms. The summed E-state index contributed by atoms with van der Waals surface area (Å²) in [6, 6.07) is 0. The third-order valence-corrected chi connectivity index (χ3v) is 12.0. The van der Waals surface area contributed by atoms with Crippen LogP contribution in [-0.2, 0) is 23.8 Å². The summed E-state index contributed by atoms with van der Waals surface area (Å²) in [5.41, 5.74) is 7.42. The molecule has 2 N–H and O–H groups in total. The number of esters is 2. The molecule has 0 amide bonds. The Morgan fingerprint density at radius 2 is 1.02 bits per heavy atom. The van der Waals surface area contributed by atoms with E-state index in [1.807, 2.05) is 0 Å². The Morgan fingerprint density at radius 1 is 0.574 bits per heavy atom. The van der Waals surface area contributed by atoms with Gasteiger partial charge < -0.3 is 24.5 Å². The van der Waals surface area contributed by atoms with E-state index >= 15 is 0 Å². The highest BCUT2D eigenvalue weighted by molar-refractivity contribution is 5.69. The molecule has 0 saturated heterocycles. The molecule has 0 aromatic heterocycles. The van der Waals surface area contributed by atoms with E-state index in [4.69, 9.17) is 14.2 Å². The number of nitrogens with one attached hydrogen (secondary N) is 2. The maximum atomic E-state index is 12.9. The standard InChI is InChI=1S/C52H102N4O5/c1-7-10-13-16-19-28-35-45-59-50(57)39-31-24-20-26-33-41-55(43-36-44-56-46-48(53-54-56)47-60-52(4,5)6)42-34-27-21-25-32-40-51(58)61-49(37-29-22-17-14-11-8-2)38-30-23-18-15-12-9-3/h46,49,53-54H,7-45,47H2,1-6H3. The van der Waals surface area contributed by atoms with E-state index in [0.717, 1.165) is 83.2 Å². The van der Waals surface area contributed by atoms with E-state index in [2.05, 4.69) is 68.6 Å². The van der Waals surface area contributed by atoms with Crippen LogP contribution in [0.4, 0.5) is 0 Å². The maximum Gasteiger partial charge on any atom is 0.306 e. The minimum atomic E-state index is -0.163. The van der Waals surface area contributed by atoms with Crippen LogP contribution in [-0.4, -0.2) is 72.9 Å². The molecule has 0 aromatic rings. The summed E-state index contributed by atoms with van der Waals surface area (Å²) in [5, 5.41) is 2.13. The number of carbonyl (C=O) groups is 2. The molecule has 9 heteroatoms. The van der Waals surface area contributed by atoms with Gasteiger partial charge in [0.2, 0.25) is 0 Å². The average Bonchev–Trinajstić information content (AvgIpc) is 3.69. The summed E-state index contributed by atoms with van der Waals surface area (Å²) < 4.78 is 17.5. The highest BCUT2D eigenvalue weighted by atomic mass is 16.5. The number of nitrogens with zero attached hydrogens (tertiary/aromatic N) is 2. The summed E-state index contributed by atoms with van der Waals surface area (Å²) in [6.45, 7) is 18.4. The number of carbonyl (C=O) groups excluding carboxylic acids is 2. The van der Waals surface area contributed by atoms with E-state index in [0.29, 0.717) is 26.1 Å². The lowest BCUT2D eigenvalue weighted by atomic mass is 10.0. The molecule has 1 aliphatic rings. The smallest absolute Gasteiger partial charge is 0.306 e. The predicted molar refractivity (Wildman–Crippen MR) is 258 cm³/mol. The quantitative estimate of drug-likeness (QED) is 0.0459. The second-order valence-corrected chi connectivity index (χ2v) is 19.3. The Labute approximate surface area is 378 Å². The molecule has 9 nitrogen and oxygen atoms in total. The van der Waals surface area contributed by atoms with Gasteiger partial charge in [-0.05, 0) is 105 Å². The van der Waals surface area contributed by atoms with Gasteiger partial charge in [-0.1, -0.05) is 162 Å². The molecule has 61 heavy (non-hydrogen) atoms. The van der Waals surface area contributed by atoms with Crippen molar-refractivity contribution in [2.45, 2.75) is 272 Å². The number of hydrazine groups is 2. The van der Waals surface area contributed by atoms with Gasteiger partial charge in [-0.2, -0.15) is 0 Å². The van der Waals surface area contributed by atoms with E-state index in [1.54, 1.807) is 0 Å². The van der Waals surface area contributed by atoms with Crippen LogP contribution in [0.2, 0.25) is 0 Å². The van der Waals surface area contributed by atoms with Crippen molar-refractivity contribution in [1.29, 1.82) is 0 Å². The van der Waals surface area contributed by atoms with Crippen molar-refractivity contribution in [2.24, 2.45) is 0 Å². The molecule has 0 saturated carbocycles. The first kappa shape index (κ1) is 57.2. The molecule has 360 valence electrons. The molecule has 0 unspecified atom stereocenters. The first-order valence-electron chi connectivity index (χ1n) is 26.4. The second-order valence-electron chi connectivity index (χ2n) is 19.3. The third-order valence-electron chi connectivity index (χ3n) is 12.0. The Balaban J connectivity index is 2.39. The van der Waals surface area contributed by atoms with Crippen molar-refractivity contribution >= 4 is 11.9 Å². The van der Waals surface area contributed by atoms with Crippen molar-refractivity contribution in [2.75, 3.05) is 39.4 Å². The van der Waals surface area contributed by atoms with Crippen molar-refractivity contribution < 1.29 is 23.8 Å². The number of hydrogen-bond donors (Lipinski definition) is 2. The van der Waals surface area contributed by atoms with Gasteiger partial charge in [0.25, 0.3) is 0 Å². The van der Waals surface area contributed by atoms with Gasteiger partial charge in [0.1, 0.15) is 6.10 Å². The summed E-state index contributed by atoms with van der Waals surface area (Å²) >= 11 is 0. The third kappa shape index (κ3) is 38.4. The van der Waals surface area contributed by atoms with Crippen molar-refractivity contribution in [3.05, 3.63) is 11.9 Å². The summed E-state index contributed by atoms with van der Waals surface area (Å²) in [4.78, 5) is 27.7. The van der Waals surface area contributed by atoms with Crippen LogP contribution in [0.3, 0.4) is 0 Å². The number of rotatable bonds is 45. The highest BCUT2D eigenvalue weighted by Crippen LogP contribution is 2.19. The van der Waals surface area contributed by atoms with E-state index in [9.17, 15) is 9.59 Å². The zero-order chi connectivity index (χ0) is 44.5. The molecule has 1 aliphatic heterocycles. The maximum absolute atomic E-state index is 12.9. The molecular weight excluding hydrogens is 761 g/mol. The monoisotopic (exact) mass is 863 g/mol. The van der Waals surface area contributed by atoms with Crippen LogP contribution in [0, 0.1) is 0 Å². The van der Waals surface area contributed by atoms with Crippen LogP contribution in [0.1, 0.15) is 260 Å². The van der Waals surface area contributed by atoms with Crippen LogP contribution in [0.25, 0.3) is 0 Å². The SMILES string of the molecule is CCCCCCCCCOC(=O)CCCCCCCN(CCCCCCCC(=O)OC(CCCCCCCC)CCCCCCCC)CCCN1C=C(COC(C)(C)C)NN1. The van der Waals surface area contributed by atoms with Gasteiger partial charge in [0, 0.05) is 25.6 Å². The topological polar surface area (TPSA) is 92.4 Å². The Morgan fingerprint density at radius 3 is 1.54 bits per heavy atom. The minimum Gasteiger partial charge on any atom is -0.466 e. The Kier molecular flexibility index (Phi) is 38.3. The Bertz CT molecular complexity index is 1020.